The smallest absolute Gasteiger partial charge is 0.305 e. The first-order valence-corrected chi connectivity index (χ1v) is 5.26. The molecule has 0 aliphatic rings. The molecule has 1 aromatic rings. The van der Waals surface area contributed by atoms with Crippen LogP contribution >= 0.6 is 11.6 Å². The van der Waals surface area contributed by atoms with Gasteiger partial charge < -0.3 is 20.3 Å². The van der Waals surface area contributed by atoms with Crippen LogP contribution in [0.1, 0.15) is 18.0 Å². The van der Waals surface area contributed by atoms with Crippen LogP contribution in [0.5, 0.6) is 11.5 Å². The molecule has 0 fully saturated rings. The molecule has 0 aliphatic heterocycles. The highest BCUT2D eigenvalue weighted by Gasteiger charge is 2.19. The average molecular weight is 260 g/mol. The molecule has 0 saturated heterocycles. The van der Waals surface area contributed by atoms with Crippen molar-refractivity contribution in [1.29, 1.82) is 0 Å². The van der Waals surface area contributed by atoms with Crippen LogP contribution in [0.15, 0.2) is 12.1 Å². The molecule has 1 aromatic carbocycles. The Kier molecular flexibility index (Phi) is 4.60. The number of aliphatic carboxylic acids is 1. The van der Waals surface area contributed by atoms with E-state index >= 15 is 0 Å². The highest BCUT2D eigenvalue weighted by atomic mass is 35.5. The number of ether oxygens (including phenoxy) is 2. The standard InChI is InChI=1S/C11H14ClNO4/c1-16-8-4-3-6(7(13)5-9(14)15)10(12)11(8)17-2/h3-4,7H,5,13H2,1-2H3,(H,14,15). The first-order chi connectivity index (χ1) is 8.01. The second kappa shape index (κ2) is 5.75. The fraction of sp³-hybridized carbons (Fsp3) is 0.364. The Labute approximate surface area is 104 Å². The highest BCUT2D eigenvalue weighted by Crippen LogP contribution is 2.39. The molecule has 94 valence electrons. The van der Waals surface area contributed by atoms with E-state index in [-0.39, 0.29) is 11.4 Å². The van der Waals surface area contributed by atoms with Gasteiger partial charge in [0.25, 0.3) is 0 Å². The maximum Gasteiger partial charge on any atom is 0.305 e. The number of hydrogen-bond acceptors (Lipinski definition) is 4. The van der Waals surface area contributed by atoms with Crippen LogP contribution in [0, 0.1) is 0 Å². The zero-order valence-corrected chi connectivity index (χ0v) is 10.3. The van der Waals surface area contributed by atoms with Crippen LogP contribution < -0.4 is 15.2 Å². The third kappa shape index (κ3) is 3.01. The number of hydrogen-bond donors (Lipinski definition) is 2. The Morgan fingerprint density at radius 1 is 1.47 bits per heavy atom. The third-order valence-corrected chi connectivity index (χ3v) is 2.70. The molecule has 1 unspecified atom stereocenters. The van der Waals surface area contributed by atoms with Crippen molar-refractivity contribution in [2.45, 2.75) is 12.5 Å². The molecule has 6 heteroatoms. The van der Waals surface area contributed by atoms with E-state index in [9.17, 15) is 4.79 Å². The fourth-order valence-corrected chi connectivity index (χ4v) is 1.86. The maximum absolute atomic E-state index is 10.6. The molecular formula is C11H14ClNO4. The van der Waals surface area contributed by atoms with Gasteiger partial charge >= 0.3 is 5.97 Å². The minimum absolute atomic E-state index is 0.199. The summed E-state index contributed by atoms with van der Waals surface area (Å²) in [5.41, 5.74) is 6.27. The van der Waals surface area contributed by atoms with Gasteiger partial charge in [0.15, 0.2) is 11.5 Å². The van der Waals surface area contributed by atoms with Crippen molar-refractivity contribution in [1.82, 2.24) is 0 Å². The van der Waals surface area contributed by atoms with Gasteiger partial charge in [0, 0.05) is 6.04 Å². The van der Waals surface area contributed by atoms with E-state index in [1.165, 1.54) is 14.2 Å². The van der Waals surface area contributed by atoms with Crippen LogP contribution in [0.4, 0.5) is 0 Å². The first-order valence-electron chi connectivity index (χ1n) is 4.89. The SMILES string of the molecule is COc1ccc(C(N)CC(=O)O)c(Cl)c1OC. The predicted molar refractivity (Wildman–Crippen MR) is 63.7 cm³/mol. The lowest BCUT2D eigenvalue weighted by atomic mass is 10.0. The van der Waals surface area contributed by atoms with Crippen LogP contribution in [0.25, 0.3) is 0 Å². The Morgan fingerprint density at radius 3 is 2.59 bits per heavy atom. The van der Waals surface area contributed by atoms with Crippen LogP contribution in [0.3, 0.4) is 0 Å². The van der Waals surface area contributed by atoms with Gasteiger partial charge in [-0.3, -0.25) is 4.79 Å². The van der Waals surface area contributed by atoms with Gasteiger partial charge in [0.2, 0.25) is 0 Å². The summed E-state index contributed by atoms with van der Waals surface area (Å²) >= 11 is 6.09. The Bertz CT molecular complexity index is 422. The summed E-state index contributed by atoms with van der Waals surface area (Å²) in [7, 11) is 2.95. The molecule has 5 nitrogen and oxygen atoms in total. The summed E-state index contributed by atoms with van der Waals surface area (Å²) in [6, 6.07) is 2.60. The number of carboxylic acids is 1. The predicted octanol–water partition coefficient (Wildman–Crippen LogP) is 1.83. The van der Waals surface area contributed by atoms with Crippen molar-refractivity contribution in [2.24, 2.45) is 5.73 Å². The Hall–Kier alpha value is -1.46. The maximum atomic E-state index is 10.6. The number of benzene rings is 1. The number of nitrogens with two attached hydrogens (primary N) is 1. The zero-order valence-electron chi connectivity index (χ0n) is 9.57. The van der Waals surface area contributed by atoms with Crippen molar-refractivity contribution < 1.29 is 19.4 Å². The molecule has 0 radical (unpaired) electrons. The largest absolute Gasteiger partial charge is 0.493 e. The molecule has 0 saturated carbocycles. The fourth-order valence-electron chi connectivity index (χ4n) is 1.49. The molecule has 17 heavy (non-hydrogen) atoms. The molecule has 0 spiro atoms. The van der Waals surface area contributed by atoms with E-state index < -0.39 is 12.0 Å². The van der Waals surface area contributed by atoms with E-state index in [2.05, 4.69) is 0 Å². The van der Waals surface area contributed by atoms with Gasteiger partial charge in [-0.05, 0) is 11.6 Å². The summed E-state index contributed by atoms with van der Waals surface area (Å²) < 4.78 is 10.2. The lowest BCUT2D eigenvalue weighted by Crippen LogP contribution is -2.15. The van der Waals surface area contributed by atoms with Crippen LogP contribution in [0.2, 0.25) is 5.02 Å². The van der Waals surface area contributed by atoms with Gasteiger partial charge in [-0.2, -0.15) is 0 Å². The Morgan fingerprint density at radius 2 is 2.12 bits per heavy atom. The molecule has 0 aromatic heterocycles. The zero-order chi connectivity index (χ0) is 13.0. The number of carboxylic acid groups (broad SMARTS) is 1. The summed E-state index contributed by atoms with van der Waals surface area (Å²) in [6.07, 6.45) is -0.199. The lowest BCUT2D eigenvalue weighted by Gasteiger charge is -2.16. The van der Waals surface area contributed by atoms with Crippen molar-refractivity contribution in [2.75, 3.05) is 14.2 Å². The van der Waals surface area contributed by atoms with Crippen molar-refractivity contribution in [3.63, 3.8) is 0 Å². The molecule has 3 N–H and O–H groups in total. The van der Waals surface area contributed by atoms with E-state index in [0.717, 1.165) is 0 Å². The summed E-state index contributed by atoms with van der Waals surface area (Å²) in [4.78, 5) is 10.6. The van der Waals surface area contributed by atoms with Crippen molar-refractivity contribution in [3.05, 3.63) is 22.7 Å². The van der Waals surface area contributed by atoms with Crippen LogP contribution in [-0.2, 0) is 4.79 Å². The second-order valence-electron chi connectivity index (χ2n) is 3.41. The van der Waals surface area contributed by atoms with Gasteiger partial charge in [-0.15, -0.1) is 0 Å². The summed E-state index contributed by atoms with van der Waals surface area (Å²) in [5.74, 6) is -0.153. The lowest BCUT2D eigenvalue weighted by molar-refractivity contribution is -0.137. The minimum atomic E-state index is -0.983. The number of halogens is 1. The monoisotopic (exact) mass is 259 g/mol. The Balaban J connectivity index is 3.14. The summed E-state index contributed by atoms with van der Waals surface area (Å²) in [6.45, 7) is 0. The quantitative estimate of drug-likeness (QED) is 0.843. The normalized spacial score (nSPS) is 12.0. The number of methoxy groups -OCH3 is 2. The topological polar surface area (TPSA) is 81.8 Å². The van der Waals surface area contributed by atoms with E-state index in [1.54, 1.807) is 12.1 Å². The number of rotatable bonds is 5. The molecule has 1 atom stereocenters. The minimum Gasteiger partial charge on any atom is -0.493 e. The van der Waals surface area contributed by atoms with Crippen molar-refractivity contribution >= 4 is 17.6 Å². The molecule has 0 bridgehead atoms. The molecule has 1 rings (SSSR count). The first kappa shape index (κ1) is 13.6. The van der Waals surface area contributed by atoms with Crippen LogP contribution in [-0.4, -0.2) is 25.3 Å². The van der Waals surface area contributed by atoms with E-state index in [4.69, 9.17) is 31.9 Å². The second-order valence-corrected chi connectivity index (χ2v) is 3.79. The van der Waals surface area contributed by atoms with Gasteiger partial charge in [0.05, 0.1) is 25.7 Å². The average Bonchev–Trinajstić information content (AvgIpc) is 2.27. The van der Waals surface area contributed by atoms with E-state index in [0.29, 0.717) is 17.1 Å². The summed E-state index contributed by atoms with van der Waals surface area (Å²) in [5, 5.41) is 8.96. The van der Waals surface area contributed by atoms with Crippen molar-refractivity contribution in [3.8, 4) is 11.5 Å². The number of carbonyl (C=O) groups is 1. The molecule has 0 aliphatic carbocycles. The molecular weight excluding hydrogens is 246 g/mol. The molecule has 0 amide bonds. The highest BCUT2D eigenvalue weighted by molar-refractivity contribution is 6.33. The van der Waals surface area contributed by atoms with E-state index in [1.807, 2.05) is 0 Å². The van der Waals surface area contributed by atoms with Gasteiger partial charge in [-0.1, -0.05) is 17.7 Å². The van der Waals surface area contributed by atoms with Gasteiger partial charge in [0.1, 0.15) is 0 Å². The van der Waals surface area contributed by atoms with Gasteiger partial charge in [-0.25, -0.2) is 0 Å². The third-order valence-electron chi connectivity index (χ3n) is 2.31. The molecule has 0 heterocycles.